The number of anilines is 1. The van der Waals surface area contributed by atoms with Crippen molar-refractivity contribution in [3.63, 3.8) is 0 Å². The van der Waals surface area contributed by atoms with Gasteiger partial charge in [-0.25, -0.2) is 0 Å². The molecule has 0 saturated carbocycles. The van der Waals surface area contributed by atoms with E-state index in [2.05, 4.69) is 10.6 Å². The van der Waals surface area contributed by atoms with Gasteiger partial charge in [-0.2, -0.15) is 0 Å². The number of benzene rings is 2. The zero-order valence-corrected chi connectivity index (χ0v) is 19.0. The fourth-order valence-corrected chi connectivity index (χ4v) is 5.82. The van der Waals surface area contributed by atoms with Crippen molar-refractivity contribution < 1.29 is 24.2 Å². The molecule has 0 aromatic heterocycles. The summed E-state index contributed by atoms with van der Waals surface area (Å²) in [6, 6.07) is 10.3. The van der Waals surface area contributed by atoms with Crippen LogP contribution in [0.5, 0.6) is 5.75 Å². The number of nitrogens with zero attached hydrogens (tertiary/aromatic N) is 1. The van der Waals surface area contributed by atoms with Crippen molar-refractivity contribution in [2.45, 2.75) is 45.0 Å². The average molecular weight is 450 g/mol. The highest BCUT2D eigenvalue weighted by molar-refractivity contribution is 6.15. The van der Waals surface area contributed by atoms with E-state index in [9.17, 15) is 19.5 Å². The maximum atomic E-state index is 13.8. The molecular weight excluding hydrogens is 422 g/mol. The van der Waals surface area contributed by atoms with E-state index in [1.165, 1.54) is 12.0 Å². The molecule has 8 nitrogen and oxygen atoms in total. The number of aryl methyl sites for hydroxylation is 2. The van der Waals surface area contributed by atoms with Crippen LogP contribution < -0.4 is 15.4 Å². The minimum Gasteiger partial charge on any atom is -0.496 e. The predicted octanol–water partition coefficient (Wildman–Crippen LogP) is 1.61. The number of fused-ring (bicyclic) bond motifs is 4. The summed E-state index contributed by atoms with van der Waals surface area (Å²) in [5.74, 6) is -2.42. The van der Waals surface area contributed by atoms with Crippen LogP contribution in [0.4, 0.5) is 5.69 Å². The highest BCUT2D eigenvalue weighted by Gasteiger charge is 2.71. The molecule has 2 aromatic rings. The molecule has 0 bridgehead atoms. The summed E-state index contributed by atoms with van der Waals surface area (Å²) in [5.41, 5.74) is 2.43. The average Bonchev–Trinajstić information content (AvgIpc) is 3.36. The lowest BCUT2D eigenvalue weighted by molar-refractivity contribution is -0.143. The van der Waals surface area contributed by atoms with Gasteiger partial charge >= 0.3 is 0 Å². The van der Waals surface area contributed by atoms with Crippen LogP contribution in [0.1, 0.15) is 29.2 Å². The normalized spacial score (nSPS) is 28.8. The van der Waals surface area contributed by atoms with Crippen molar-refractivity contribution in [3.05, 3.63) is 58.7 Å². The first-order valence-corrected chi connectivity index (χ1v) is 11.1. The summed E-state index contributed by atoms with van der Waals surface area (Å²) in [6.45, 7) is 5.44. The number of aliphatic hydroxyl groups is 1. The maximum Gasteiger partial charge on any atom is 0.250 e. The Hall–Kier alpha value is -3.23. The number of likely N-dealkylation sites (tertiary alicyclic amines) is 1. The van der Waals surface area contributed by atoms with Gasteiger partial charge in [0.1, 0.15) is 11.3 Å². The van der Waals surface area contributed by atoms with Gasteiger partial charge in [0.15, 0.2) is 0 Å². The van der Waals surface area contributed by atoms with Crippen molar-refractivity contribution in [1.29, 1.82) is 0 Å². The molecule has 2 fully saturated rings. The minimum atomic E-state index is -1.42. The van der Waals surface area contributed by atoms with E-state index < -0.39 is 41.3 Å². The minimum absolute atomic E-state index is 0.0403. The lowest BCUT2D eigenvalue weighted by atomic mass is 9.75. The van der Waals surface area contributed by atoms with E-state index in [1.54, 1.807) is 19.1 Å². The highest BCUT2D eigenvalue weighted by atomic mass is 16.5. The Balaban J connectivity index is 1.63. The highest BCUT2D eigenvalue weighted by Crippen LogP contribution is 2.54. The van der Waals surface area contributed by atoms with Crippen molar-refractivity contribution in [1.82, 2.24) is 10.2 Å². The summed E-state index contributed by atoms with van der Waals surface area (Å²) in [6.07, 6.45) is -0.942. The summed E-state index contributed by atoms with van der Waals surface area (Å²) in [7, 11) is 1.54. The topological polar surface area (TPSA) is 108 Å². The fraction of sp³-hybridized carbons (Fsp3) is 0.400. The van der Waals surface area contributed by atoms with Gasteiger partial charge in [-0.1, -0.05) is 35.9 Å². The molecule has 33 heavy (non-hydrogen) atoms. The van der Waals surface area contributed by atoms with Gasteiger partial charge in [-0.05, 0) is 32.4 Å². The Morgan fingerprint density at radius 3 is 2.58 bits per heavy atom. The van der Waals surface area contributed by atoms with Gasteiger partial charge < -0.3 is 15.2 Å². The maximum absolute atomic E-state index is 13.8. The lowest BCUT2D eigenvalue weighted by Gasteiger charge is -2.30. The Kier molecular flexibility index (Phi) is 4.84. The number of carbonyl (C=O) groups excluding carboxylic acids is 3. The van der Waals surface area contributed by atoms with E-state index >= 15 is 0 Å². The van der Waals surface area contributed by atoms with E-state index in [1.807, 2.05) is 38.1 Å². The quantitative estimate of drug-likeness (QED) is 0.612. The number of ether oxygens (including phenoxy) is 1. The fourth-order valence-electron chi connectivity index (χ4n) is 5.82. The molecule has 172 valence electrons. The number of amides is 3. The van der Waals surface area contributed by atoms with Gasteiger partial charge in [-0.15, -0.1) is 0 Å². The first-order valence-electron chi connectivity index (χ1n) is 11.1. The first kappa shape index (κ1) is 21.6. The standard InChI is InChI=1S/C25H27N3O5/c1-12-9-13(2)20-16(10-12)25(24(32)26-20)19-18(21(27-25)14(3)29)22(30)28(23(19)31)11-15-7-5-6-8-17(15)33-4/h5-10,14,18-19,21,27,29H,11H2,1-4H3,(H,26,32)/t14-,18+,19-,21+,25+/m1/s1. The molecule has 2 saturated heterocycles. The van der Waals surface area contributed by atoms with Crippen LogP contribution in [0.15, 0.2) is 36.4 Å². The van der Waals surface area contributed by atoms with Crippen LogP contribution in [-0.4, -0.2) is 47.0 Å². The zero-order valence-electron chi connectivity index (χ0n) is 19.0. The molecule has 3 amide bonds. The van der Waals surface area contributed by atoms with Crippen LogP contribution in [0, 0.1) is 25.7 Å². The number of hydrogen-bond donors (Lipinski definition) is 3. The Morgan fingerprint density at radius 1 is 1.15 bits per heavy atom. The van der Waals surface area contributed by atoms with Gasteiger partial charge in [0, 0.05) is 22.9 Å². The molecule has 3 aliphatic rings. The summed E-state index contributed by atoms with van der Waals surface area (Å²) in [4.78, 5) is 42.1. The van der Waals surface area contributed by atoms with Crippen molar-refractivity contribution >= 4 is 23.4 Å². The predicted molar refractivity (Wildman–Crippen MR) is 120 cm³/mol. The van der Waals surface area contributed by atoms with Crippen LogP contribution in [-0.2, 0) is 26.5 Å². The molecule has 5 rings (SSSR count). The van der Waals surface area contributed by atoms with E-state index in [0.29, 0.717) is 22.6 Å². The van der Waals surface area contributed by atoms with Gasteiger partial charge in [0.25, 0.3) is 0 Å². The summed E-state index contributed by atoms with van der Waals surface area (Å²) >= 11 is 0. The summed E-state index contributed by atoms with van der Waals surface area (Å²) in [5, 5.41) is 16.7. The largest absolute Gasteiger partial charge is 0.496 e. The number of carbonyl (C=O) groups is 3. The van der Waals surface area contributed by atoms with Crippen LogP contribution in [0.2, 0.25) is 0 Å². The van der Waals surface area contributed by atoms with Gasteiger partial charge in [-0.3, -0.25) is 24.6 Å². The second-order valence-electron chi connectivity index (χ2n) is 9.26. The number of imide groups is 1. The second kappa shape index (κ2) is 7.40. The SMILES string of the molecule is COc1ccccc1CN1C(=O)[C@@H]2[C@H]([C@@H](C)O)N[C@]3(C(=O)Nc4c(C)cc(C)cc43)[C@H]2C1=O. The van der Waals surface area contributed by atoms with Gasteiger partial charge in [0.2, 0.25) is 17.7 Å². The third kappa shape index (κ3) is 2.87. The Bertz CT molecular complexity index is 1190. The zero-order chi connectivity index (χ0) is 23.7. The number of rotatable bonds is 4. The monoisotopic (exact) mass is 449 g/mol. The van der Waals surface area contributed by atoms with E-state index in [4.69, 9.17) is 4.74 Å². The third-order valence-corrected chi connectivity index (χ3v) is 7.23. The van der Waals surface area contributed by atoms with E-state index in [-0.39, 0.29) is 12.5 Å². The molecule has 3 N–H and O–H groups in total. The molecule has 0 unspecified atom stereocenters. The smallest absolute Gasteiger partial charge is 0.250 e. The van der Waals surface area contributed by atoms with Crippen molar-refractivity contribution in [2.24, 2.45) is 11.8 Å². The molecular formula is C25H27N3O5. The number of hydrogen-bond acceptors (Lipinski definition) is 6. The van der Waals surface area contributed by atoms with Crippen LogP contribution >= 0.6 is 0 Å². The molecule has 0 radical (unpaired) electrons. The second-order valence-corrected chi connectivity index (χ2v) is 9.26. The number of para-hydroxylation sites is 1. The van der Waals surface area contributed by atoms with Crippen LogP contribution in [0.3, 0.4) is 0 Å². The molecule has 8 heteroatoms. The van der Waals surface area contributed by atoms with Crippen molar-refractivity contribution in [2.75, 3.05) is 12.4 Å². The number of methoxy groups -OCH3 is 1. The lowest BCUT2D eigenvalue weighted by Crippen LogP contribution is -2.54. The molecule has 3 heterocycles. The molecule has 0 aliphatic carbocycles. The van der Waals surface area contributed by atoms with Crippen molar-refractivity contribution in [3.8, 4) is 5.75 Å². The third-order valence-electron chi connectivity index (χ3n) is 7.23. The molecule has 3 aliphatic heterocycles. The molecule has 5 atom stereocenters. The van der Waals surface area contributed by atoms with Gasteiger partial charge in [0.05, 0.1) is 31.6 Å². The molecule has 1 spiro atoms. The van der Waals surface area contributed by atoms with E-state index in [0.717, 1.165) is 11.1 Å². The van der Waals surface area contributed by atoms with Crippen LogP contribution in [0.25, 0.3) is 0 Å². The molecule has 2 aromatic carbocycles. The Labute approximate surface area is 191 Å². The number of nitrogens with one attached hydrogen (secondary N) is 2. The first-order chi connectivity index (χ1) is 15.7. The summed E-state index contributed by atoms with van der Waals surface area (Å²) < 4.78 is 5.40. The number of aliphatic hydroxyl groups excluding tert-OH is 1. The Morgan fingerprint density at radius 2 is 1.88 bits per heavy atom.